The zero-order valence-corrected chi connectivity index (χ0v) is 15.3. The van der Waals surface area contributed by atoms with Crippen LogP contribution in [0.2, 0.25) is 15.1 Å². The number of rotatable bonds is 3. The summed E-state index contributed by atoms with van der Waals surface area (Å²) in [4.78, 5) is 15.1. The van der Waals surface area contributed by atoms with E-state index >= 15 is 0 Å². The molecule has 0 saturated carbocycles. The Balaban J connectivity index is 2.05. The van der Waals surface area contributed by atoms with Crippen LogP contribution in [0, 0.1) is 6.92 Å². The molecule has 0 saturated heterocycles. The Morgan fingerprint density at radius 2 is 1.92 bits per heavy atom. The number of hydrogen-bond donors (Lipinski definition) is 1. The fourth-order valence-corrected chi connectivity index (χ4v) is 3.60. The van der Waals surface area contributed by atoms with Crippen molar-refractivity contribution >= 4 is 51.7 Å². The van der Waals surface area contributed by atoms with Crippen molar-refractivity contribution in [2.75, 3.05) is 7.11 Å². The minimum absolute atomic E-state index is 0.300. The lowest BCUT2D eigenvalue weighted by Gasteiger charge is -2.10. The van der Waals surface area contributed by atoms with Crippen molar-refractivity contribution in [3.8, 4) is 0 Å². The van der Waals surface area contributed by atoms with E-state index in [1.165, 1.54) is 7.11 Å². The van der Waals surface area contributed by atoms with Crippen LogP contribution in [-0.4, -0.2) is 18.1 Å². The summed E-state index contributed by atoms with van der Waals surface area (Å²) in [7, 11) is 1.32. The Kier molecular flexibility index (Phi) is 4.77. The van der Waals surface area contributed by atoms with Crippen molar-refractivity contribution in [2.24, 2.45) is 0 Å². The molecule has 2 aromatic carbocycles. The van der Waals surface area contributed by atoms with Gasteiger partial charge in [-0.15, -0.1) is 0 Å². The van der Waals surface area contributed by atoms with Crippen LogP contribution in [0.25, 0.3) is 10.9 Å². The van der Waals surface area contributed by atoms with Gasteiger partial charge in [-0.3, -0.25) is 0 Å². The van der Waals surface area contributed by atoms with Crippen molar-refractivity contribution in [1.29, 1.82) is 0 Å². The topological polar surface area (TPSA) is 42.1 Å². The van der Waals surface area contributed by atoms with Crippen molar-refractivity contribution in [2.45, 2.75) is 13.3 Å². The van der Waals surface area contributed by atoms with Gasteiger partial charge in [-0.05, 0) is 48.4 Å². The number of carbonyl (C=O) groups is 1. The molecule has 1 heterocycles. The van der Waals surface area contributed by atoms with E-state index in [1.54, 1.807) is 12.1 Å². The number of nitrogens with one attached hydrogen (secondary N) is 1. The SMILES string of the molecule is COC(=O)c1ccc(Cl)c(Cc2cc3c(C)cc(Cl)cc3[nH]2)c1Cl. The van der Waals surface area contributed by atoms with Crippen LogP contribution in [-0.2, 0) is 11.2 Å². The number of ether oxygens (including phenoxy) is 1. The first-order valence-corrected chi connectivity index (χ1v) is 8.37. The Bertz CT molecular complexity index is 947. The van der Waals surface area contributed by atoms with Gasteiger partial charge < -0.3 is 9.72 Å². The molecular formula is C18H14Cl3NO2. The van der Waals surface area contributed by atoms with Crippen LogP contribution >= 0.6 is 34.8 Å². The molecular weight excluding hydrogens is 369 g/mol. The van der Waals surface area contributed by atoms with Gasteiger partial charge in [-0.1, -0.05) is 34.8 Å². The van der Waals surface area contributed by atoms with E-state index in [1.807, 2.05) is 25.1 Å². The largest absolute Gasteiger partial charge is 0.465 e. The number of aryl methyl sites for hydroxylation is 1. The molecule has 6 heteroatoms. The summed E-state index contributed by atoms with van der Waals surface area (Å²) in [5, 5.41) is 2.58. The maximum absolute atomic E-state index is 11.8. The van der Waals surface area contributed by atoms with Crippen LogP contribution in [0.4, 0.5) is 0 Å². The predicted molar refractivity (Wildman–Crippen MR) is 98.7 cm³/mol. The highest BCUT2D eigenvalue weighted by Crippen LogP contribution is 2.32. The monoisotopic (exact) mass is 381 g/mol. The Morgan fingerprint density at radius 3 is 2.62 bits per heavy atom. The molecule has 0 radical (unpaired) electrons. The normalized spacial score (nSPS) is 11.0. The van der Waals surface area contributed by atoms with Crippen molar-refractivity contribution in [1.82, 2.24) is 4.98 Å². The molecule has 0 aliphatic heterocycles. The third-order valence-electron chi connectivity index (χ3n) is 3.92. The van der Waals surface area contributed by atoms with Gasteiger partial charge in [-0.25, -0.2) is 4.79 Å². The lowest BCUT2D eigenvalue weighted by molar-refractivity contribution is 0.0601. The third kappa shape index (κ3) is 3.12. The molecule has 0 bridgehead atoms. The van der Waals surface area contributed by atoms with Gasteiger partial charge in [0.25, 0.3) is 0 Å². The van der Waals surface area contributed by atoms with E-state index in [-0.39, 0.29) is 0 Å². The van der Waals surface area contributed by atoms with Crippen LogP contribution in [0.1, 0.15) is 27.2 Å². The number of aromatic amines is 1. The minimum Gasteiger partial charge on any atom is -0.465 e. The molecule has 0 atom stereocenters. The third-order valence-corrected chi connectivity index (χ3v) is 4.93. The van der Waals surface area contributed by atoms with Gasteiger partial charge in [0.2, 0.25) is 0 Å². The lowest BCUT2D eigenvalue weighted by atomic mass is 10.1. The number of carbonyl (C=O) groups excluding carboxylic acids is 1. The van der Waals surface area contributed by atoms with E-state index in [9.17, 15) is 4.79 Å². The molecule has 124 valence electrons. The number of benzene rings is 2. The molecule has 1 N–H and O–H groups in total. The summed E-state index contributed by atoms with van der Waals surface area (Å²) in [6.45, 7) is 2.00. The highest BCUT2D eigenvalue weighted by atomic mass is 35.5. The predicted octanol–water partition coefficient (Wildman–Crippen LogP) is 5.81. The van der Waals surface area contributed by atoms with Crippen LogP contribution in [0.15, 0.2) is 30.3 Å². The van der Waals surface area contributed by atoms with Gasteiger partial charge in [0.1, 0.15) is 0 Å². The number of aromatic nitrogens is 1. The second kappa shape index (κ2) is 6.67. The summed E-state index contributed by atoms with van der Waals surface area (Å²) < 4.78 is 4.75. The van der Waals surface area contributed by atoms with E-state index < -0.39 is 5.97 Å². The van der Waals surface area contributed by atoms with Crippen LogP contribution in [0.5, 0.6) is 0 Å². The van der Waals surface area contributed by atoms with Gasteiger partial charge in [0, 0.05) is 33.1 Å². The minimum atomic E-state index is -0.489. The summed E-state index contributed by atoms with van der Waals surface area (Å²) in [6, 6.07) is 9.05. The standard InChI is InChI=1S/C18H14Cl3NO2/c1-9-5-10(19)6-16-13(9)7-11(22-16)8-14-15(20)4-3-12(17(14)21)18(23)24-2/h3-7,22H,8H2,1-2H3. The number of esters is 1. The average molecular weight is 383 g/mol. The second-order valence-corrected chi connectivity index (χ2v) is 6.76. The number of H-pyrrole nitrogens is 1. The van der Waals surface area contributed by atoms with Gasteiger partial charge in [0.05, 0.1) is 17.7 Å². The first kappa shape index (κ1) is 17.2. The number of fused-ring (bicyclic) bond motifs is 1. The smallest absolute Gasteiger partial charge is 0.339 e. The Hall–Kier alpha value is -1.68. The van der Waals surface area contributed by atoms with E-state index in [0.29, 0.717) is 32.6 Å². The molecule has 0 fully saturated rings. The Labute approximate surface area is 154 Å². The van der Waals surface area contributed by atoms with Crippen molar-refractivity contribution in [3.05, 3.63) is 67.8 Å². The van der Waals surface area contributed by atoms with E-state index in [0.717, 1.165) is 22.2 Å². The first-order valence-electron chi connectivity index (χ1n) is 7.23. The maximum atomic E-state index is 11.8. The number of hydrogen-bond acceptors (Lipinski definition) is 2. The highest BCUT2D eigenvalue weighted by molar-refractivity contribution is 6.38. The van der Waals surface area contributed by atoms with E-state index in [4.69, 9.17) is 39.5 Å². The average Bonchev–Trinajstić information content (AvgIpc) is 2.93. The maximum Gasteiger partial charge on any atom is 0.339 e. The molecule has 24 heavy (non-hydrogen) atoms. The molecule has 3 nitrogen and oxygen atoms in total. The second-order valence-electron chi connectivity index (χ2n) is 5.53. The molecule has 0 aliphatic rings. The molecule has 3 rings (SSSR count). The molecule has 0 amide bonds. The summed E-state index contributed by atoms with van der Waals surface area (Å²) >= 11 is 18.8. The van der Waals surface area contributed by atoms with Crippen molar-refractivity contribution in [3.63, 3.8) is 0 Å². The summed E-state index contributed by atoms with van der Waals surface area (Å²) in [6.07, 6.45) is 0.467. The quantitative estimate of drug-likeness (QED) is 0.580. The van der Waals surface area contributed by atoms with Gasteiger partial charge in [-0.2, -0.15) is 0 Å². The number of methoxy groups -OCH3 is 1. The molecule has 0 spiro atoms. The zero-order valence-electron chi connectivity index (χ0n) is 13.0. The van der Waals surface area contributed by atoms with Crippen LogP contribution < -0.4 is 0 Å². The molecule has 0 aliphatic carbocycles. The van der Waals surface area contributed by atoms with Gasteiger partial charge >= 0.3 is 5.97 Å². The van der Waals surface area contributed by atoms with Gasteiger partial charge in [0.15, 0.2) is 0 Å². The summed E-state index contributed by atoms with van der Waals surface area (Å²) in [5.41, 5.74) is 3.94. The molecule has 1 aromatic heterocycles. The number of halogens is 3. The van der Waals surface area contributed by atoms with E-state index in [2.05, 4.69) is 4.98 Å². The molecule has 3 aromatic rings. The Morgan fingerprint density at radius 1 is 1.17 bits per heavy atom. The van der Waals surface area contributed by atoms with Crippen LogP contribution in [0.3, 0.4) is 0 Å². The fourth-order valence-electron chi connectivity index (χ4n) is 2.75. The molecule has 0 unspecified atom stereocenters. The summed E-state index contributed by atoms with van der Waals surface area (Å²) in [5.74, 6) is -0.489. The zero-order chi connectivity index (χ0) is 17.4. The lowest BCUT2D eigenvalue weighted by Crippen LogP contribution is -2.04. The fraction of sp³-hybridized carbons (Fsp3) is 0.167. The highest BCUT2D eigenvalue weighted by Gasteiger charge is 2.17. The van der Waals surface area contributed by atoms with Crippen molar-refractivity contribution < 1.29 is 9.53 Å². The first-order chi connectivity index (χ1) is 11.4.